The highest BCUT2D eigenvalue weighted by Crippen LogP contribution is 2.23. The maximum absolute atomic E-state index is 12.9. The van der Waals surface area contributed by atoms with Crippen molar-refractivity contribution in [2.24, 2.45) is 5.92 Å². The number of nitrogens with one attached hydrogen (secondary N) is 1. The zero-order chi connectivity index (χ0) is 13.7. The molecule has 106 valence electrons. The van der Waals surface area contributed by atoms with Crippen molar-refractivity contribution in [2.45, 2.75) is 64.5 Å². The fourth-order valence-corrected chi connectivity index (χ4v) is 3.09. The van der Waals surface area contributed by atoms with E-state index in [4.69, 9.17) is 0 Å². The van der Waals surface area contributed by atoms with Crippen LogP contribution in [-0.4, -0.2) is 12.1 Å². The van der Waals surface area contributed by atoms with Crippen LogP contribution in [0, 0.1) is 11.7 Å². The topological polar surface area (TPSA) is 12.0 Å². The predicted molar refractivity (Wildman–Crippen MR) is 78.7 cm³/mol. The zero-order valence-electron chi connectivity index (χ0n) is 12.2. The van der Waals surface area contributed by atoms with E-state index in [1.54, 1.807) is 12.1 Å². The molecule has 2 heteroatoms. The third kappa shape index (κ3) is 4.94. The highest BCUT2D eigenvalue weighted by molar-refractivity contribution is 5.17. The van der Waals surface area contributed by atoms with Crippen LogP contribution in [-0.2, 0) is 6.42 Å². The van der Waals surface area contributed by atoms with E-state index in [1.807, 2.05) is 12.1 Å². The van der Waals surface area contributed by atoms with E-state index in [9.17, 15) is 4.39 Å². The van der Waals surface area contributed by atoms with Gasteiger partial charge in [0.05, 0.1) is 0 Å². The second-order valence-electron chi connectivity index (χ2n) is 6.21. The third-order valence-electron chi connectivity index (χ3n) is 4.23. The van der Waals surface area contributed by atoms with E-state index in [-0.39, 0.29) is 5.82 Å². The monoisotopic (exact) mass is 263 g/mol. The molecule has 1 fully saturated rings. The molecule has 3 atom stereocenters. The molecule has 1 saturated carbocycles. The SMILES string of the molecule is CC1CCCC(NC(C)Cc2ccc(F)cc2)CC1. The van der Waals surface area contributed by atoms with Crippen LogP contribution in [0.5, 0.6) is 0 Å². The number of hydrogen-bond donors (Lipinski definition) is 1. The van der Waals surface area contributed by atoms with Gasteiger partial charge < -0.3 is 5.32 Å². The Hall–Kier alpha value is -0.890. The van der Waals surface area contributed by atoms with Crippen LogP contribution in [0.2, 0.25) is 0 Å². The summed E-state index contributed by atoms with van der Waals surface area (Å²) in [6.07, 6.45) is 7.66. The molecule has 1 N–H and O–H groups in total. The molecular weight excluding hydrogens is 237 g/mol. The summed E-state index contributed by atoms with van der Waals surface area (Å²) in [5.74, 6) is 0.737. The first-order valence-electron chi connectivity index (χ1n) is 7.64. The summed E-state index contributed by atoms with van der Waals surface area (Å²) >= 11 is 0. The fraction of sp³-hybridized carbons (Fsp3) is 0.647. The van der Waals surface area contributed by atoms with Gasteiger partial charge in [0.2, 0.25) is 0 Å². The molecule has 0 radical (unpaired) electrons. The van der Waals surface area contributed by atoms with Gasteiger partial charge in [0.25, 0.3) is 0 Å². The van der Waals surface area contributed by atoms with Gasteiger partial charge in [-0.05, 0) is 56.2 Å². The lowest BCUT2D eigenvalue weighted by Crippen LogP contribution is -2.37. The van der Waals surface area contributed by atoms with Crippen LogP contribution < -0.4 is 5.32 Å². The molecule has 1 aliphatic rings. The van der Waals surface area contributed by atoms with Crippen LogP contribution in [0.3, 0.4) is 0 Å². The molecule has 3 unspecified atom stereocenters. The lowest BCUT2D eigenvalue weighted by molar-refractivity contribution is 0.400. The van der Waals surface area contributed by atoms with Gasteiger partial charge >= 0.3 is 0 Å². The van der Waals surface area contributed by atoms with Crippen molar-refractivity contribution < 1.29 is 4.39 Å². The van der Waals surface area contributed by atoms with Crippen molar-refractivity contribution >= 4 is 0 Å². The minimum atomic E-state index is -0.151. The average Bonchev–Trinajstić information content (AvgIpc) is 2.57. The lowest BCUT2D eigenvalue weighted by Gasteiger charge is -2.22. The molecule has 0 bridgehead atoms. The molecule has 0 aliphatic heterocycles. The maximum Gasteiger partial charge on any atom is 0.123 e. The van der Waals surface area contributed by atoms with Gasteiger partial charge in [0.1, 0.15) is 5.82 Å². The summed E-state index contributed by atoms with van der Waals surface area (Å²) in [4.78, 5) is 0. The maximum atomic E-state index is 12.9. The Labute approximate surface area is 116 Å². The van der Waals surface area contributed by atoms with Gasteiger partial charge in [0, 0.05) is 12.1 Å². The van der Waals surface area contributed by atoms with Gasteiger partial charge in [-0.3, -0.25) is 0 Å². The van der Waals surface area contributed by atoms with Crippen molar-refractivity contribution in [3.63, 3.8) is 0 Å². The second-order valence-corrected chi connectivity index (χ2v) is 6.21. The van der Waals surface area contributed by atoms with E-state index in [1.165, 1.54) is 37.7 Å². The first-order chi connectivity index (χ1) is 9.13. The van der Waals surface area contributed by atoms with Crippen LogP contribution in [0.25, 0.3) is 0 Å². The Kier molecular flexibility index (Phi) is 5.38. The summed E-state index contributed by atoms with van der Waals surface area (Å²) in [7, 11) is 0. The summed E-state index contributed by atoms with van der Waals surface area (Å²) in [6, 6.07) is 8.01. The first kappa shape index (κ1) is 14.5. The standard InChI is InChI=1S/C17H26FN/c1-13-4-3-5-17(11-6-13)19-14(2)12-15-7-9-16(18)10-8-15/h7-10,13-14,17,19H,3-6,11-12H2,1-2H3. The molecular formula is C17H26FN. The smallest absolute Gasteiger partial charge is 0.123 e. The van der Waals surface area contributed by atoms with Crippen LogP contribution in [0.1, 0.15) is 51.5 Å². The molecule has 19 heavy (non-hydrogen) atoms. The number of halogens is 1. The fourth-order valence-electron chi connectivity index (χ4n) is 3.09. The molecule has 1 aromatic rings. The minimum Gasteiger partial charge on any atom is -0.311 e. The van der Waals surface area contributed by atoms with Crippen molar-refractivity contribution in [3.05, 3.63) is 35.6 Å². The molecule has 1 aromatic carbocycles. The molecule has 1 nitrogen and oxygen atoms in total. The quantitative estimate of drug-likeness (QED) is 0.798. The summed E-state index contributed by atoms with van der Waals surface area (Å²) in [6.45, 7) is 4.60. The molecule has 0 aromatic heterocycles. The summed E-state index contributed by atoms with van der Waals surface area (Å²) < 4.78 is 12.9. The van der Waals surface area contributed by atoms with E-state index in [2.05, 4.69) is 19.2 Å². The molecule has 1 aliphatic carbocycles. The highest BCUT2D eigenvalue weighted by Gasteiger charge is 2.17. The van der Waals surface area contributed by atoms with E-state index >= 15 is 0 Å². The van der Waals surface area contributed by atoms with Gasteiger partial charge in [-0.1, -0.05) is 31.9 Å². The molecule has 0 amide bonds. The Morgan fingerprint density at radius 1 is 1.16 bits per heavy atom. The lowest BCUT2D eigenvalue weighted by atomic mass is 10.0. The predicted octanol–water partition coefficient (Wildman–Crippen LogP) is 4.32. The summed E-state index contributed by atoms with van der Waals surface area (Å²) in [5, 5.41) is 3.75. The van der Waals surface area contributed by atoms with E-state index < -0.39 is 0 Å². The Morgan fingerprint density at radius 2 is 1.89 bits per heavy atom. The van der Waals surface area contributed by atoms with Crippen LogP contribution >= 0.6 is 0 Å². The minimum absolute atomic E-state index is 0.151. The zero-order valence-corrected chi connectivity index (χ0v) is 12.2. The van der Waals surface area contributed by atoms with Crippen LogP contribution in [0.15, 0.2) is 24.3 Å². The first-order valence-corrected chi connectivity index (χ1v) is 7.64. The number of hydrogen-bond acceptors (Lipinski definition) is 1. The highest BCUT2D eigenvalue weighted by atomic mass is 19.1. The third-order valence-corrected chi connectivity index (χ3v) is 4.23. The molecule has 0 saturated heterocycles. The Balaban J connectivity index is 1.80. The van der Waals surface area contributed by atoms with E-state index in [0.717, 1.165) is 12.3 Å². The van der Waals surface area contributed by atoms with Crippen molar-refractivity contribution in [1.29, 1.82) is 0 Å². The molecule has 2 rings (SSSR count). The van der Waals surface area contributed by atoms with Crippen molar-refractivity contribution in [2.75, 3.05) is 0 Å². The molecule has 0 heterocycles. The van der Waals surface area contributed by atoms with E-state index in [0.29, 0.717) is 12.1 Å². The largest absolute Gasteiger partial charge is 0.311 e. The number of rotatable bonds is 4. The Bertz CT molecular complexity index is 373. The van der Waals surface area contributed by atoms with Gasteiger partial charge in [-0.15, -0.1) is 0 Å². The van der Waals surface area contributed by atoms with Gasteiger partial charge in [0.15, 0.2) is 0 Å². The second kappa shape index (κ2) is 7.04. The molecule has 0 spiro atoms. The van der Waals surface area contributed by atoms with Gasteiger partial charge in [-0.2, -0.15) is 0 Å². The Morgan fingerprint density at radius 3 is 2.63 bits per heavy atom. The van der Waals surface area contributed by atoms with Crippen LogP contribution in [0.4, 0.5) is 4.39 Å². The normalized spacial score (nSPS) is 25.8. The summed E-state index contributed by atoms with van der Waals surface area (Å²) in [5.41, 5.74) is 1.21. The average molecular weight is 263 g/mol. The van der Waals surface area contributed by atoms with Crippen molar-refractivity contribution in [3.8, 4) is 0 Å². The number of benzene rings is 1. The van der Waals surface area contributed by atoms with Crippen molar-refractivity contribution in [1.82, 2.24) is 5.32 Å². The van der Waals surface area contributed by atoms with Gasteiger partial charge in [-0.25, -0.2) is 4.39 Å².